The third-order valence-electron chi connectivity index (χ3n) is 3.16. The van der Waals surface area contributed by atoms with Crippen LogP contribution in [-0.4, -0.2) is 18.6 Å². The minimum absolute atomic E-state index is 0.604. The molecule has 0 fully saturated rings. The Morgan fingerprint density at radius 2 is 2.22 bits per heavy atom. The molecule has 1 aromatic carbocycles. The highest BCUT2D eigenvalue weighted by Gasteiger charge is 2.11. The molecule has 0 amide bonds. The second-order valence-corrected chi connectivity index (χ2v) is 4.64. The first-order valence-electron chi connectivity index (χ1n) is 6.37. The number of nitrogens with two attached hydrogens (primary N) is 1. The van der Waals surface area contributed by atoms with Crippen LogP contribution in [0.4, 0.5) is 0 Å². The molecule has 18 heavy (non-hydrogen) atoms. The second-order valence-electron chi connectivity index (χ2n) is 4.64. The van der Waals surface area contributed by atoms with Crippen molar-refractivity contribution < 1.29 is 9.15 Å². The van der Waals surface area contributed by atoms with Crippen molar-refractivity contribution in [2.45, 2.75) is 26.2 Å². The SMILES string of the molecule is COc1cccc2oc(CCC(C)CCN)nc12. The molecule has 2 rings (SSSR count). The van der Waals surface area contributed by atoms with Crippen molar-refractivity contribution in [1.82, 2.24) is 4.98 Å². The Morgan fingerprint density at radius 3 is 2.94 bits per heavy atom. The molecule has 0 saturated carbocycles. The van der Waals surface area contributed by atoms with E-state index in [-0.39, 0.29) is 0 Å². The van der Waals surface area contributed by atoms with Crippen LogP contribution in [0.15, 0.2) is 22.6 Å². The number of para-hydroxylation sites is 1. The first kappa shape index (κ1) is 12.9. The van der Waals surface area contributed by atoms with Crippen LogP contribution in [0, 0.1) is 5.92 Å². The Morgan fingerprint density at radius 1 is 1.39 bits per heavy atom. The van der Waals surface area contributed by atoms with Crippen molar-refractivity contribution in [3.8, 4) is 5.75 Å². The van der Waals surface area contributed by atoms with Crippen molar-refractivity contribution in [2.24, 2.45) is 11.7 Å². The highest BCUT2D eigenvalue weighted by molar-refractivity contribution is 5.79. The normalized spacial score (nSPS) is 12.8. The number of rotatable bonds is 6. The molecule has 2 aromatic rings. The molecule has 0 saturated heterocycles. The van der Waals surface area contributed by atoms with Gasteiger partial charge in [-0.3, -0.25) is 0 Å². The number of nitrogens with zero attached hydrogens (tertiary/aromatic N) is 1. The molecule has 1 aromatic heterocycles. The van der Waals surface area contributed by atoms with Crippen LogP contribution in [0.3, 0.4) is 0 Å². The molecule has 2 N–H and O–H groups in total. The molecule has 0 aliphatic heterocycles. The molecule has 0 spiro atoms. The molecule has 1 heterocycles. The maximum absolute atomic E-state index is 5.72. The van der Waals surface area contributed by atoms with Crippen LogP contribution < -0.4 is 10.5 Å². The zero-order valence-electron chi connectivity index (χ0n) is 11.0. The third kappa shape index (κ3) is 2.82. The van der Waals surface area contributed by atoms with Gasteiger partial charge in [-0.15, -0.1) is 0 Å². The van der Waals surface area contributed by atoms with E-state index in [0.717, 1.165) is 48.5 Å². The largest absolute Gasteiger partial charge is 0.494 e. The van der Waals surface area contributed by atoms with Crippen molar-refractivity contribution in [3.63, 3.8) is 0 Å². The van der Waals surface area contributed by atoms with E-state index < -0.39 is 0 Å². The molecular weight excluding hydrogens is 228 g/mol. The average molecular weight is 248 g/mol. The first-order valence-corrected chi connectivity index (χ1v) is 6.37. The molecule has 0 aliphatic rings. The molecule has 1 unspecified atom stereocenters. The molecule has 0 radical (unpaired) electrons. The smallest absolute Gasteiger partial charge is 0.195 e. The van der Waals surface area contributed by atoms with Gasteiger partial charge < -0.3 is 14.9 Å². The summed E-state index contributed by atoms with van der Waals surface area (Å²) in [5.41, 5.74) is 7.14. The molecule has 0 bridgehead atoms. The first-order chi connectivity index (χ1) is 8.74. The number of ether oxygens (including phenoxy) is 1. The number of aromatic nitrogens is 1. The summed E-state index contributed by atoms with van der Waals surface area (Å²) in [7, 11) is 1.65. The van der Waals surface area contributed by atoms with Gasteiger partial charge in [-0.1, -0.05) is 13.0 Å². The molecule has 0 aliphatic carbocycles. The van der Waals surface area contributed by atoms with Crippen molar-refractivity contribution >= 4 is 11.1 Å². The predicted octanol–water partition coefficient (Wildman–Crippen LogP) is 2.75. The summed E-state index contributed by atoms with van der Waals surface area (Å²) in [4.78, 5) is 4.49. The number of aryl methyl sites for hydroxylation is 1. The van der Waals surface area contributed by atoms with Gasteiger partial charge in [0, 0.05) is 6.42 Å². The van der Waals surface area contributed by atoms with Gasteiger partial charge in [0.25, 0.3) is 0 Å². The topological polar surface area (TPSA) is 61.3 Å². The van der Waals surface area contributed by atoms with Crippen LogP contribution in [0.25, 0.3) is 11.1 Å². The molecule has 4 heteroatoms. The quantitative estimate of drug-likeness (QED) is 0.853. The summed E-state index contributed by atoms with van der Waals surface area (Å²) >= 11 is 0. The van der Waals surface area contributed by atoms with Crippen LogP contribution >= 0.6 is 0 Å². The Balaban J connectivity index is 2.10. The maximum atomic E-state index is 5.72. The Kier molecular flexibility index (Phi) is 4.20. The monoisotopic (exact) mass is 248 g/mol. The lowest BCUT2D eigenvalue weighted by molar-refractivity contribution is 0.419. The van der Waals surface area contributed by atoms with Crippen LogP contribution in [0.1, 0.15) is 25.7 Å². The standard InChI is InChI=1S/C14H20N2O2/c1-10(8-9-15)6-7-13-16-14-11(17-2)4-3-5-12(14)18-13/h3-5,10H,6-9,15H2,1-2H3. The van der Waals surface area contributed by atoms with Gasteiger partial charge in [0.05, 0.1) is 7.11 Å². The van der Waals surface area contributed by atoms with E-state index in [2.05, 4.69) is 11.9 Å². The third-order valence-corrected chi connectivity index (χ3v) is 3.16. The second kappa shape index (κ2) is 5.87. The Hall–Kier alpha value is -1.55. The summed E-state index contributed by atoms with van der Waals surface area (Å²) in [6.07, 6.45) is 2.94. The maximum Gasteiger partial charge on any atom is 0.195 e. The number of hydrogen-bond donors (Lipinski definition) is 1. The van der Waals surface area contributed by atoms with E-state index in [4.69, 9.17) is 14.9 Å². The van der Waals surface area contributed by atoms with E-state index in [1.807, 2.05) is 18.2 Å². The van der Waals surface area contributed by atoms with Gasteiger partial charge >= 0.3 is 0 Å². The summed E-state index contributed by atoms with van der Waals surface area (Å²) in [5.74, 6) is 2.14. The zero-order chi connectivity index (χ0) is 13.0. The lowest BCUT2D eigenvalue weighted by Crippen LogP contribution is -2.06. The number of oxazole rings is 1. The summed E-state index contributed by atoms with van der Waals surface area (Å²) in [5, 5.41) is 0. The van der Waals surface area contributed by atoms with E-state index in [1.54, 1.807) is 7.11 Å². The van der Waals surface area contributed by atoms with Gasteiger partial charge in [0.1, 0.15) is 5.75 Å². The number of fused-ring (bicyclic) bond motifs is 1. The predicted molar refractivity (Wildman–Crippen MR) is 71.7 cm³/mol. The zero-order valence-corrected chi connectivity index (χ0v) is 11.0. The van der Waals surface area contributed by atoms with Crippen LogP contribution in [0.2, 0.25) is 0 Å². The number of methoxy groups -OCH3 is 1. The summed E-state index contributed by atoms with van der Waals surface area (Å²) < 4.78 is 11.0. The molecule has 4 nitrogen and oxygen atoms in total. The van der Waals surface area contributed by atoms with Crippen molar-refractivity contribution in [3.05, 3.63) is 24.1 Å². The molecule has 98 valence electrons. The lowest BCUT2D eigenvalue weighted by Gasteiger charge is -2.06. The minimum atomic E-state index is 0.604. The van der Waals surface area contributed by atoms with E-state index in [9.17, 15) is 0 Å². The lowest BCUT2D eigenvalue weighted by atomic mass is 10.0. The fourth-order valence-corrected chi connectivity index (χ4v) is 2.04. The van der Waals surface area contributed by atoms with Gasteiger partial charge in [-0.25, -0.2) is 4.98 Å². The highest BCUT2D eigenvalue weighted by atomic mass is 16.5. The average Bonchev–Trinajstić information content (AvgIpc) is 2.79. The van der Waals surface area contributed by atoms with E-state index >= 15 is 0 Å². The summed E-state index contributed by atoms with van der Waals surface area (Å²) in [6.45, 7) is 2.94. The minimum Gasteiger partial charge on any atom is -0.494 e. The fraction of sp³-hybridized carbons (Fsp3) is 0.500. The van der Waals surface area contributed by atoms with E-state index in [1.165, 1.54) is 0 Å². The van der Waals surface area contributed by atoms with Crippen LogP contribution in [0.5, 0.6) is 5.75 Å². The van der Waals surface area contributed by atoms with Crippen LogP contribution in [-0.2, 0) is 6.42 Å². The van der Waals surface area contributed by atoms with E-state index in [0.29, 0.717) is 5.92 Å². The van der Waals surface area contributed by atoms with Gasteiger partial charge in [-0.05, 0) is 37.4 Å². The van der Waals surface area contributed by atoms with Gasteiger partial charge in [0.15, 0.2) is 17.0 Å². The molecular formula is C14H20N2O2. The Bertz CT molecular complexity index is 507. The van der Waals surface area contributed by atoms with Gasteiger partial charge in [-0.2, -0.15) is 0 Å². The highest BCUT2D eigenvalue weighted by Crippen LogP contribution is 2.26. The van der Waals surface area contributed by atoms with Crippen molar-refractivity contribution in [1.29, 1.82) is 0 Å². The summed E-state index contributed by atoms with van der Waals surface area (Å²) in [6, 6.07) is 5.72. The van der Waals surface area contributed by atoms with Crippen molar-refractivity contribution in [2.75, 3.05) is 13.7 Å². The fourth-order valence-electron chi connectivity index (χ4n) is 2.04. The van der Waals surface area contributed by atoms with Gasteiger partial charge in [0.2, 0.25) is 0 Å². The molecule has 1 atom stereocenters. The number of hydrogen-bond acceptors (Lipinski definition) is 4. The number of benzene rings is 1. The Labute approximate surface area is 107 Å².